The van der Waals surface area contributed by atoms with Crippen LogP contribution in [0.4, 0.5) is 11.4 Å². The molecule has 3 N–H and O–H groups in total. The number of carbonyl (C=O) groups excluding carboxylic acids is 1. The van der Waals surface area contributed by atoms with Crippen molar-refractivity contribution in [2.75, 3.05) is 24.6 Å². The van der Waals surface area contributed by atoms with Crippen LogP contribution in [0, 0.1) is 0 Å². The van der Waals surface area contributed by atoms with Gasteiger partial charge >= 0.3 is 0 Å². The number of hydrogen-bond donors (Lipinski definition) is 2. The Bertz CT molecular complexity index is 407. The normalized spacial score (nSPS) is 10.9. The van der Waals surface area contributed by atoms with Crippen LogP contribution in [0.15, 0.2) is 22.7 Å². The summed E-state index contributed by atoms with van der Waals surface area (Å²) in [7, 11) is 1.92. The van der Waals surface area contributed by atoms with Gasteiger partial charge in [-0.05, 0) is 55.0 Å². The monoisotopic (exact) mass is 299 g/mol. The largest absolute Gasteiger partial charge is 0.399 e. The third-order valence-electron chi connectivity index (χ3n) is 2.54. The quantitative estimate of drug-likeness (QED) is 0.839. The van der Waals surface area contributed by atoms with Crippen molar-refractivity contribution in [1.82, 2.24) is 4.90 Å². The Morgan fingerprint density at radius 1 is 1.53 bits per heavy atom. The zero-order valence-electron chi connectivity index (χ0n) is 10.3. The number of nitrogens with zero attached hydrogens (tertiary/aromatic N) is 1. The van der Waals surface area contributed by atoms with Crippen LogP contribution < -0.4 is 11.1 Å². The Labute approximate surface area is 110 Å². The van der Waals surface area contributed by atoms with Crippen molar-refractivity contribution in [3.8, 4) is 0 Å². The lowest BCUT2D eigenvalue weighted by Crippen LogP contribution is -2.34. The van der Waals surface area contributed by atoms with Gasteiger partial charge in [-0.3, -0.25) is 9.69 Å². The summed E-state index contributed by atoms with van der Waals surface area (Å²) in [5.74, 6) is -0.0355. The summed E-state index contributed by atoms with van der Waals surface area (Å²) in [6.07, 6.45) is 0. The highest BCUT2D eigenvalue weighted by Crippen LogP contribution is 2.24. The molecule has 0 aromatic heterocycles. The molecule has 0 aliphatic rings. The van der Waals surface area contributed by atoms with E-state index in [2.05, 4.69) is 21.2 Å². The van der Waals surface area contributed by atoms with Gasteiger partial charge < -0.3 is 11.1 Å². The second-order valence-electron chi connectivity index (χ2n) is 4.30. The third-order valence-corrected chi connectivity index (χ3v) is 3.20. The van der Waals surface area contributed by atoms with E-state index in [1.807, 2.05) is 25.8 Å². The number of halogens is 1. The number of nitrogens with one attached hydrogen (secondary N) is 1. The van der Waals surface area contributed by atoms with Gasteiger partial charge in [-0.1, -0.05) is 0 Å². The molecular weight excluding hydrogens is 282 g/mol. The van der Waals surface area contributed by atoms with Crippen LogP contribution in [-0.4, -0.2) is 30.4 Å². The van der Waals surface area contributed by atoms with Crippen molar-refractivity contribution in [2.45, 2.75) is 19.9 Å². The molecule has 94 valence electrons. The fourth-order valence-corrected chi connectivity index (χ4v) is 1.73. The maximum absolute atomic E-state index is 11.8. The standard InChI is InChI=1S/C12H18BrN3O/c1-8(2)16(3)7-12(17)15-11-5-4-9(14)6-10(11)13/h4-6,8H,7,14H2,1-3H3,(H,15,17). The van der Waals surface area contributed by atoms with Gasteiger partial charge in [0.1, 0.15) is 0 Å². The van der Waals surface area contributed by atoms with E-state index in [9.17, 15) is 4.79 Å². The number of likely N-dealkylation sites (N-methyl/N-ethyl adjacent to an activating group) is 1. The summed E-state index contributed by atoms with van der Waals surface area (Å²) in [6.45, 7) is 4.47. The molecule has 0 saturated carbocycles. The van der Waals surface area contributed by atoms with E-state index in [4.69, 9.17) is 5.73 Å². The minimum atomic E-state index is -0.0355. The molecule has 0 atom stereocenters. The molecule has 1 rings (SSSR count). The SMILES string of the molecule is CC(C)N(C)CC(=O)Nc1ccc(N)cc1Br. The molecule has 0 unspecified atom stereocenters. The van der Waals surface area contributed by atoms with E-state index in [0.29, 0.717) is 18.3 Å². The zero-order valence-corrected chi connectivity index (χ0v) is 11.9. The van der Waals surface area contributed by atoms with Gasteiger partial charge in [0.2, 0.25) is 5.91 Å². The summed E-state index contributed by atoms with van der Waals surface area (Å²) in [6, 6.07) is 5.65. The van der Waals surface area contributed by atoms with Gasteiger partial charge in [0.15, 0.2) is 0 Å². The first-order valence-corrected chi connectivity index (χ1v) is 6.24. The molecule has 5 heteroatoms. The molecule has 0 aliphatic heterocycles. The highest BCUT2D eigenvalue weighted by molar-refractivity contribution is 9.10. The summed E-state index contributed by atoms with van der Waals surface area (Å²) in [4.78, 5) is 13.7. The average molecular weight is 300 g/mol. The van der Waals surface area contributed by atoms with Crippen LogP contribution in [0.5, 0.6) is 0 Å². The zero-order chi connectivity index (χ0) is 13.0. The summed E-state index contributed by atoms with van der Waals surface area (Å²) >= 11 is 3.36. The lowest BCUT2D eigenvalue weighted by Gasteiger charge is -2.20. The number of anilines is 2. The van der Waals surface area contributed by atoms with E-state index in [1.165, 1.54) is 0 Å². The molecule has 17 heavy (non-hydrogen) atoms. The summed E-state index contributed by atoms with van der Waals surface area (Å²) < 4.78 is 0.790. The van der Waals surface area contributed by atoms with Crippen LogP contribution in [0.3, 0.4) is 0 Å². The highest BCUT2D eigenvalue weighted by atomic mass is 79.9. The molecule has 1 aromatic rings. The minimum Gasteiger partial charge on any atom is -0.399 e. The lowest BCUT2D eigenvalue weighted by atomic mass is 10.3. The summed E-state index contributed by atoms with van der Waals surface area (Å²) in [5.41, 5.74) is 7.03. The first kappa shape index (κ1) is 14.0. The Kier molecular flexibility index (Phi) is 4.96. The number of nitrogens with two attached hydrogens (primary N) is 1. The van der Waals surface area contributed by atoms with Crippen LogP contribution in [-0.2, 0) is 4.79 Å². The second-order valence-corrected chi connectivity index (χ2v) is 5.15. The maximum atomic E-state index is 11.8. The summed E-state index contributed by atoms with van der Waals surface area (Å²) in [5, 5.41) is 2.84. The number of hydrogen-bond acceptors (Lipinski definition) is 3. The number of rotatable bonds is 4. The molecule has 1 amide bonds. The van der Waals surface area contributed by atoms with Gasteiger partial charge in [0, 0.05) is 16.2 Å². The fraction of sp³-hybridized carbons (Fsp3) is 0.417. The molecule has 0 fully saturated rings. The van der Waals surface area contributed by atoms with Gasteiger partial charge in [-0.15, -0.1) is 0 Å². The maximum Gasteiger partial charge on any atom is 0.238 e. The number of benzene rings is 1. The van der Waals surface area contributed by atoms with Gasteiger partial charge in [0.25, 0.3) is 0 Å². The first-order valence-electron chi connectivity index (χ1n) is 5.45. The highest BCUT2D eigenvalue weighted by Gasteiger charge is 2.10. The Morgan fingerprint density at radius 2 is 2.18 bits per heavy atom. The fourth-order valence-electron chi connectivity index (χ4n) is 1.23. The molecule has 0 bridgehead atoms. The van der Waals surface area contributed by atoms with Gasteiger partial charge in [-0.25, -0.2) is 0 Å². The van der Waals surface area contributed by atoms with Crippen molar-refractivity contribution in [2.24, 2.45) is 0 Å². The van der Waals surface area contributed by atoms with E-state index in [-0.39, 0.29) is 5.91 Å². The van der Waals surface area contributed by atoms with Gasteiger partial charge in [0.05, 0.1) is 12.2 Å². The van der Waals surface area contributed by atoms with Crippen molar-refractivity contribution in [3.05, 3.63) is 22.7 Å². The van der Waals surface area contributed by atoms with Crippen molar-refractivity contribution in [3.63, 3.8) is 0 Å². The molecule has 0 heterocycles. The number of nitrogen functional groups attached to an aromatic ring is 1. The van der Waals surface area contributed by atoms with Gasteiger partial charge in [-0.2, -0.15) is 0 Å². The minimum absolute atomic E-state index is 0.0355. The van der Waals surface area contributed by atoms with Crippen LogP contribution >= 0.6 is 15.9 Å². The molecule has 0 spiro atoms. The number of amides is 1. The second kappa shape index (κ2) is 6.02. The molecule has 0 aliphatic carbocycles. The molecule has 4 nitrogen and oxygen atoms in total. The van der Waals surface area contributed by atoms with Crippen LogP contribution in [0.2, 0.25) is 0 Å². The first-order chi connectivity index (χ1) is 7.90. The molecule has 0 saturated heterocycles. The Balaban J connectivity index is 2.62. The topological polar surface area (TPSA) is 58.4 Å². The predicted octanol–water partition coefficient (Wildman–Crippen LogP) is 2.31. The number of carbonyl (C=O) groups is 1. The molecule has 1 aromatic carbocycles. The van der Waals surface area contributed by atoms with Crippen molar-refractivity contribution in [1.29, 1.82) is 0 Å². The Hall–Kier alpha value is -1.07. The predicted molar refractivity (Wildman–Crippen MR) is 75.0 cm³/mol. The van der Waals surface area contributed by atoms with Crippen molar-refractivity contribution >= 4 is 33.2 Å². The van der Waals surface area contributed by atoms with E-state index in [1.54, 1.807) is 18.2 Å². The average Bonchev–Trinajstić information content (AvgIpc) is 2.22. The lowest BCUT2D eigenvalue weighted by molar-refractivity contribution is -0.117. The van der Waals surface area contributed by atoms with Crippen molar-refractivity contribution < 1.29 is 4.79 Å². The molecule has 0 radical (unpaired) electrons. The Morgan fingerprint density at radius 3 is 2.71 bits per heavy atom. The van der Waals surface area contributed by atoms with Crippen LogP contribution in [0.1, 0.15) is 13.8 Å². The van der Waals surface area contributed by atoms with E-state index >= 15 is 0 Å². The van der Waals surface area contributed by atoms with E-state index < -0.39 is 0 Å². The third kappa shape index (κ3) is 4.36. The smallest absolute Gasteiger partial charge is 0.238 e. The molecular formula is C12H18BrN3O. The van der Waals surface area contributed by atoms with Crippen LogP contribution in [0.25, 0.3) is 0 Å². The van der Waals surface area contributed by atoms with E-state index in [0.717, 1.165) is 10.2 Å².